The Morgan fingerprint density at radius 2 is 1.77 bits per heavy atom. The molecule has 164 valence electrons. The van der Waals surface area contributed by atoms with Gasteiger partial charge in [-0.25, -0.2) is 4.79 Å². The van der Waals surface area contributed by atoms with Gasteiger partial charge in [-0.2, -0.15) is 0 Å². The summed E-state index contributed by atoms with van der Waals surface area (Å²) in [6.07, 6.45) is 4.90. The summed E-state index contributed by atoms with van der Waals surface area (Å²) in [5.41, 5.74) is 0.898. The van der Waals surface area contributed by atoms with Crippen LogP contribution < -0.4 is 10.2 Å². The van der Waals surface area contributed by atoms with E-state index >= 15 is 0 Å². The van der Waals surface area contributed by atoms with Crippen LogP contribution in [0.5, 0.6) is 0 Å². The minimum absolute atomic E-state index is 0.0396. The molecule has 0 spiro atoms. The number of hydrogen-bond donors (Lipinski definition) is 1. The molecule has 1 atom stereocenters. The van der Waals surface area contributed by atoms with E-state index in [0.29, 0.717) is 25.1 Å². The van der Waals surface area contributed by atoms with Crippen molar-refractivity contribution in [1.82, 2.24) is 10.2 Å². The Kier molecular flexibility index (Phi) is 7.00. The number of ether oxygens (including phenoxy) is 1. The zero-order valence-corrected chi connectivity index (χ0v) is 18.3. The van der Waals surface area contributed by atoms with Crippen molar-refractivity contribution in [2.45, 2.75) is 70.9 Å². The van der Waals surface area contributed by atoms with Gasteiger partial charge in [0, 0.05) is 43.3 Å². The van der Waals surface area contributed by atoms with E-state index in [1.807, 2.05) is 37.8 Å². The van der Waals surface area contributed by atoms with Gasteiger partial charge >= 0.3 is 6.09 Å². The number of likely N-dealkylation sites (tertiary alicyclic amines) is 1. The molecule has 0 aliphatic carbocycles. The Balaban J connectivity index is 1.63. The molecule has 0 saturated carbocycles. The van der Waals surface area contributed by atoms with Crippen LogP contribution in [0.2, 0.25) is 0 Å². The molecule has 7 nitrogen and oxygen atoms in total. The molecule has 3 amide bonds. The van der Waals surface area contributed by atoms with Gasteiger partial charge in [-0.05, 0) is 77.1 Å². The molecule has 1 aromatic carbocycles. The fraction of sp³-hybridized carbons (Fsp3) is 0.609. The zero-order valence-electron chi connectivity index (χ0n) is 18.3. The van der Waals surface area contributed by atoms with Gasteiger partial charge in [0.1, 0.15) is 5.60 Å². The Labute approximate surface area is 178 Å². The summed E-state index contributed by atoms with van der Waals surface area (Å²) in [5.74, 6) is 0.104. The average molecular weight is 416 g/mol. The highest BCUT2D eigenvalue weighted by atomic mass is 16.6. The molecule has 2 fully saturated rings. The highest BCUT2D eigenvalue weighted by Gasteiger charge is 2.29. The summed E-state index contributed by atoms with van der Waals surface area (Å²) < 4.78 is 5.30. The van der Waals surface area contributed by atoms with E-state index in [1.54, 1.807) is 17.0 Å². The number of alkyl carbamates (subject to hydrolysis) is 1. The number of piperidine rings is 2. The number of carbonyl (C=O) groups excluding carboxylic acids is 3. The Hall–Kier alpha value is -2.57. The summed E-state index contributed by atoms with van der Waals surface area (Å²) in [7, 11) is 0. The smallest absolute Gasteiger partial charge is 0.407 e. The SMILES string of the molecule is CC(C)(C)OC(=O)NCC1CCCCN1C(=O)c1ccc(N2CCCCC2=O)cc1. The number of benzene rings is 1. The molecule has 30 heavy (non-hydrogen) atoms. The van der Waals surface area contributed by atoms with Crippen LogP contribution in [0, 0.1) is 0 Å². The summed E-state index contributed by atoms with van der Waals surface area (Å²) in [6, 6.07) is 7.25. The second-order valence-corrected chi connectivity index (χ2v) is 9.08. The second kappa shape index (κ2) is 9.49. The lowest BCUT2D eigenvalue weighted by atomic mass is 10.0. The quantitative estimate of drug-likeness (QED) is 0.813. The van der Waals surface area contributed by atoms with E-state index < -0.39 is 11.7 Å². The summed E-state index contributed by atoms with van der Waals surface area (Å²) in [6.45, 7) is 7.25. The highest BCUT2D eigenvalue weighted by Crippen LogP contribution is 2.24. The predicted molar refractivity (Wildman–Crippen MR) is 116 cm³/mol. The first-order valence-electron chi connectivity index (χ1n) is 10.9. The van der Waals surface area contributed by atoms with Gasteiger partial charge < -0.3 is 19.9 Å². The minimum Gasteiger partial charge on any atom is -0.444 e. The molecular weight excluding hydrogens is 382 g/mol. The largest absolute Gasteiger partial charge is 0.444 e. The number of nitrogens with one attached hydrogen (secondary N) is 1. The third kappa shape index (κ3) is 5.74. The van der Waals surface area contributed by atoms with E-state index in [2.05, 4.69) is 5.32 Å². The van der Waals surface area contributed by atoms with Crippen molar-refractivity contribution in [2.24, 2.45) is 0 Å². The maximum absolute atomic E-state index is 13.1. The van der Waals surface area contributed by atoms with Gasteiger partial charge in [0.05, 0.1) is 0 Å². The van der Waals surface area contributed by atoms with Crippen molar-refractivity contribution >= 4 is 23.6 Å². The lowest BCUT2D eigenvalue weighted by Gasteiger charge is -2.36. The summed E-state index contributed by atoms with van der Waals surface area (Å²) >= 11 is 0. The van der Waals surface area contributed by atoms with Crippen LogP contribution in [-0.2, 0) is 9.53 Å². The van der Waals surface area contributed by atoms with E-state index in [0.717, 1.165) is 44.3 Å². The highest BCUT2D eigenvalue weighted by molar-refractivity contribution is 5.97. The number of rotatable bonds is 4. The van der Waals surface area contributed by atoms with Gasteiger partial charge in [0.15, 0.2) is 0 Å². The van der Waals surface area contributed by atoms with Crippen LogP contribution in [-0.4, -0.2) is 54.1 Å². The molecule has 0 aromatic heterocycles. The molecule has 2 aliphatic heterocycles. The molecule has 0 bridgehead atoms. The van der Waals surface area contributed by atoms with Crippen LogP contribution >= 0.6 is 0 Å². The maximum atomic E-state index is 13.1. The van der Waals surface area contributed by atoms with Crippen LogP contribution in [0.1, 0.15) is 69.7 Å². The minimum atomic E-state index is -0.552. The van der Waals surface area contributed by atoms with E-state index in [4.69, 9.17) is 4.74 Å². The molecule has 1 unspecified atom stereocenters. The van der Waals surface area contributed by atoms with Gasteiger partial charge in [-0.3, -0.25) is 9.59 Å². The fourth-order valence-electron chi connectivity index (χ4n) is 4.02. The molecule has 2 aliphatic rings. The van der Waals surface area contributed by atoms with Crippen LogP contribution in [0.4, 0.5) is 10.5 Å². The summed E-state index contributed by atoms with van der Waals surface area (Å²) in [5, 5.41) is 2.80. The lowest BCUT2D eigenvalue weighted by molar-refractivity contribution is -0.119. The van der Waals surface area contributed by atoms with Crippen LogP contribution in [0.15, 0.2) is 24.3 Å². The number of anilines is 1. The number of carbonyl (C=O) groups is 3. The molecule has 3 rings (SSSR count). The van der Waals surface area contributed by atoms with Crippen molar-refractivity contribution in [3.8, 4) is 0 Å². The fourth-order valence-corrected chi connectivity index (χ4v) is 4.02. The number of amides is 3. The van der Waals surface area contributed by atoms with Gasteiger partial charge in [0.2, 0.25) is 5.91 Å². The van der Waals surface area contributed by atoms with Crippen molar-refractivity contribution < 1.29 is 19.1 Å². The van der Waals surface area contributed by atoms with Gasteiger partial charge in [-0.1, -0.05) is 0 Å². The van der Waals surface area contributed by atoms with E-state index in [1.165, 1.54) is 0 Å². The van der Waals surface area contributed by atoms with Crippen molar-refractivity contribution in [3.63, 3.8) is 0 Å². The van der Waals surface area contributed by atoms with Crippen molar-refractivity contribution in [3.05, 3.63) is 29.8 Å². The molecule has 7 heteroatoms. The topological polar surface area (TPSA) is 79.0 Å². The van der Waals surface area contributed by atoms with Gasteiger partial charge in [-0.15, -0.1) is 0 Å². The average Bonchev–Trinajstić information content (AvgIpc) is 2.71. The second-order valence-electron chi connectivity index (χ2n) is 9.08. The third-order valence-corrected chi connectivity index (χ3v) is 5.52. The Morgan fingerprint density at radius 3 is 2.43 bits per heavy atom. The first kappa shape index (κ1) is 22.1. The normalized spacial score (nSPS) is 20.1. The first-order valence-corrected chi connectivity index (χ1v) is 10.9. The molecule has 2 saturated heterocycles. The monoisotopic (exact) mass is 415 g/mol. The standard InChI is InChI=1S/C23H33N3O4/c1-23(2,3)30-22(29)24-16-19-8-4-6-15-26(19)21(28)17-10-12-18(13-11-17)25-14-7-5-9-20(25)27/h10-13,19H,4-9,14-16H2,1-3H3,(H,24,29). The Bertz CT molecular complexity index is 770. The van der Waals surface area contributed by atoms with E-state index in [-0.39, 0.29) is 17.9 Å². The van der Waals surface area contributed by atoms with Crippen LogP contribution in [0.25, 0.3) is 0 Å². The van der Waals surface area contributed by atoms with Crippen LogP contribution in [0.3, 0.4) is 0 Å². The van der Waals surface area contributed by atoms with E-state index in [9.17, 15) is 14.4 Å². The summed E-state index contributed by atoms with van der Waals surface area (Å²) in [4.78, 5) is 40.9. The number of nitrogens with zero attached hydrogens (tertiary/aromatic N) is 2. The first-order chi connectivity index (χ1) is 14.2. The zero-order chi connectivity index (χ0) is 21.7. The molecule has 1 aromatic rings. The third-order valence-electron chi connectivity index (χ3n) is 5.52. The Morgan fingerprint density at radius 1 is 1.07 bits per heavy atom. The van der Waals surface area contributed by atoms with Crippen molar-refractivity contribution in [1.29, 1.82) is 0 Å². The molecule has 2 heterocycles. The predicted octanol–water partition coefficient (Wildman–Crippen LogP) is 3.72. The number of hydrogen-bond acceptors (Lipinski definition) is 4. The molecule has 1 N–H and O–H groups in total. The molecule has 0 radical (unpaired) electrons. The van der Waals surface area contributed by atoms with Crippen molar-refractivity contribution in [2.75, 3.05) is 24.5 Å². The lowest BCUT2D eigenvalue weighted by Crippen LogP contribution is -2.50. The molecular formula is C23H33N3O4. The van der Waals surface area contributed by atoms with Gasteiger partial charge in [0.25, 0.3) is 5.91 Å². The maximum Gasteiger partial charge on any atom is 0.407 e.